The molecule has 2 heterocycles. The van der Waals surface area contributed by atoms with E-state index in [1.807, 2.05) is 33.8 Å². The summed E-state index contributed by atoms with van der Waals surface area (Å²) in [5.74, 6) is 0.675. The molecule has 0 radical (unpaired) electrons. The van der Waals surface area contributed by atoms with E-state index in [-0.39, 0.29) is 5.56 Å². The van der Waals surface area contributed by atoms with Crippen LogP contribution in [0, 0.1) is 18.3 Å². The van der Waals surface area contributed by atoms with Crippen molar-refractivity contribution in [2.24, 2.45) is 0 Å². The number of benzene rings is 1. The van der Waals surface area contributed by atoms with Gasteiger partial charge in [-0.15, -0.1) is 0 Å². The molecule has 5 heteroatoms. The van der Waals surface area contributed by atoms with Crippen molar-refractivity contribution in [3.05, 3.63) is 69.3 Å². The number of hydrogen-bond acceptors (Lipinski definition) is 4. The van der Waals surface area contributed by atoms with Crippen LogP contribution in [0.2, 0.25) is 0 Å². The van der Waals surface area contributed by atoms with Gasteiger partial charge in [-0.25, -0.2) is 0 Å². The second kappa shape index (κ2) is 6.14. The molecular weight excluding hydrogens is 314 g/mol. The van der Waals surface area contributed by atoms with Crippen LogP contribution >= 0.6 is 0 Å². The smallest absolute Gasteiger partial charge is 0.255 e. The van der Waals surface area contributed by atoms with Crippen molar-refractivity contribution in [2.45, 2.75) is 33.3 Å². The standard InChI is InChI=1S/C20H21N3O2/c1-5-22-19-18(23-11-7-6-8-16(23)24)17-13(2)14(12-21)9-10-15(17)25-20(19,3)4/h6-11,22H,5H2,1-4H3. The molecule has 1 aliphatic rings. The highest BCUT2D eigenvalue weighted by Crippen LogP contribution is 2.42. The van der Waals surface area contributed by atoms with Crippen molar-refractivity contribution in [1.29, 1.82) is 5.26 Å². The quantitative estimate of drug-likeness (QED) is 0.936. The minimum atomic E-state index is -0.631. The Hall–Kier alpha value is -3.00. The Bertz CT molecular complexity index is 962. The van der Waals surface area contributed by atoms with E-state index in [0.717, 1.165) is 22.5 Å². The number of ether oxygens (including phenoxy) is 1. The second-order valence-electron chi connectivity index (χ2n) is 6.50. The molecule has 0 saturated heterocycles. The summed E-state index contributed by atoms with van der Waals surface area (Å²) < 4.78 is 7.83. The van der Waals surface area contributed by atoms with Gasteiger partial charge in [0.05, 0.1) is 23.0 Å². The average molecular weight is 335 g/mol. The fourth-order valence-corrected chi connectivity index (χ4v) is 3.25. The van der Waals surface area contributed by atoms with Gasteiger partial charge in [0.15, 0.2) is 0 Å². The van der Waals surface area contributed by atoms with Gasteiger partial charge in [0.25, 0.3) is 5.56 Å². The Balaban J connectivity index is 2.45. The first-order valence-electron chi connectivity index (χ1n) is 8.30. The van der Waals surface area contributed by atoms with E-state index >= 15 is 0 Å². The van der Waals surface area contributed by atoms with Crippen LogP contribution in [0.4, 0.5) is 0 Å². The van der Waals surface area contributed by atoms with Crippen molar-refractivity contribution >= 4 is 5.70 Å². The Labute approximate surface area is 147 Å². The van der Waals surface area contributed by atoms with Crippen LogP contribution in [0.15, 0.2) is 47.0 Å². The minimum Gasteiger partial charge on any atom is -0.481 e. The van der Waals surface area contributed by atoms with Crippen molar-refractivity contribution in [1.82, 2.24) is 9.88 Å². The highest BCUT2D eigenvalue weighted by atomic mass is 16.5. The maximum atomic E-state index is 12.6. The SMILES string of the molecule is CCNC1=C(n2ccccc2=O)c2c(ccc(C#N)c2C)OC1(C)C. The Morgan fingerprint density at radius 2 is 2.04 bits per heavy atom. The number of aromatic nitrogens is 1. The number of fused-ring (bicyclic) bond motifs is 1. The van der Waals surface area contributed by atoms with Crippen LogP contribution in [0.25, 0.3) is 5.70 Å². The predicted molar refractivity (Wildman–Crippen MR) is 97.3 cm³/mol. The third kappa shape index (κ3) is 2.70. The average Bonchev–Trinajstić information content (AvgIpc) is 2.57. The largest absolute Gasteiger partial charge is 0.481 e. The fourth-order valence-electron chi connectivity index (χ4n) is 3.25. The molecule has 0 unspecified atom stereocenters. The normalized spacial score (nSPS) is 15.2. The number of pyridine rings is 1. The molecule has 1 N–H and O–H groups in total. The number of rotatable bonds is 3. The molecule has 0 saturated carbocycles. The summed E-state index contributed by atoms with van der Waals surface area (Å²) in [4.78, 5) is 12.6. The maximum absolute atomic E-state index is 12.6. The minimum absolute atomic E-state index is 0.127. The van der Waals surface area contributed by atoms with Gasteiger partial charge in [-0.05, 0) is 51.5 Å². The van der Waals surface area contributed by atoms with Gasteiger partial charge in [0.1, 0.15) is 11.4 Å². The van der Waals surface area contributed by atoms with Crippen LogP contribution in [0.3, 0.4) is 0 Å². The van der Waals surface area contributed by atoms with E-state index in [4.69, 9.17) is 4.74 Å². The molecule has 0 amide bonds. The van der Waals surface area contributed by atoms with Crippen LogP contribution < -0.4 is 15.6 Å². The maximum Gasteiger partial charge on any atom is 0.255 e. The molecule has 128 valence electrons. The summed E-state index contributed by atoms with van der Waals surface area (Å²) in [6.45, 7) is 8.52. The van der Waals surface area contributed by atoms with E-state index < -0.39 is 5.60 Å². The monoisotopic (exact) mass is 335 g/mol. The lowest BCUT2D eigenvalue weighted by atomic mass is 9.90. The third-order valence-corrected chi connectivity index (χ3v) is 4.40. The number of hydrogen-bond donors (Lipinski definition) is 1. The van der Waals surface area contributed by atoms with Crippen LogP contribution in [0.5, 0.6) is 5.75 Å². The zero-order valence-corrected chi connectivity index (χ0v) is 14.9. The highest BCUT2D eigenvalue weighted by molar-refractivity contribution is 5.79. The van der Waals surface area contributed by atoms with E-state index in [1.165, 1.54) is 6.07 Å². The molecule has 1 aromatic carbocycles. The molecule has 5 nitrogen and oxygen atoms in total. The molecule has 3 rings (SSSR count). The van der Waals surface area contributed by atoms with Crippen molar-refractivity contribution < 1.29 is 4.74 Å². The molecule has 0 fully saturated rings. The first-order chi connectivity index (χ1) is 11.9. The van der Waals surface area contributed by atoms with E-state index in [2.05, 4.69) is 11.4 Å². The van der Waals surface area contributed by atoms with Crippen molar-refractivity contribution in [2.75, 3.05) is 6.54 Å². The molecular formula is C20H21N3O2. The third-order valence-electron chi connectivity index (χ3n) is 4.40. The lowest BCUT2D eigenvalue weighted by molar-refractivity contribution is 0.135. The van der Waals surface area contributed by atoms with Gasteiger partial charge in [-0.1, -0.05) is 6.07 Å². The number of nitriles is 1. The highest BCUT2D eigenvalue weighted by Gasteiger charge is 2.37. The van der Waals surface area contributed by atoms with E-state index in [9.17, 15) is 10.1 Å². The predicted octanol–water partition coefficient (Wildman–Crippen LogP) is 3.03. The van der Waals surface area contributed by atoms with Gasteiger partial charge >= 0.3 is 0 Å². The van der Waals surface area contributed by atoms with Crippen molar-refractivity contribution in [3.63, 3.8) is 0 Å². The summed E-state index contributed by atoms with van der Waals surface area (Å²) in [6.07, 6.45) is 1.75. The Kier molecular flexibility index (Phi) is 4.13. The number of nitrogens with one attached hydrogen (secondary N) is 1. The molecule has 0 bridgehead atoms. The summed E-state index contributed by atoms with van der Waals surface area (Å²) in [7, 11) is 0. The lowest BCUT2D eigenvalue weighted by Gasteiger charge is -2.38. The summed E-state index contributed by atoms with van der Waals surface area (Å²) in [5, 5.41) is 12.8. The Morgan fingerprint density at radius 3 is 2.68 bits per heavy atom. The molecule has 25 heavy (non-hydrogen) atoms. The first kappa shape index (κ1) is 16.8. The lowest BCUT2D eigenvalue weighted by Crippen LogP contribution is -2.43. The molecule has 1 aliphatic heterocycles. The summed E-state index contributed by atoms with van der Waals surface area (Å²) in [5.41, 5.74) is 2.97. The molecule has 0 atom stereocenters. The topological polar surface area (TPSA) is 67.0 Å². The molecule has 2 aromatic rings. The molecule has 1 aromatic heterocycles. The zero-order valence-electron chi connectivity index (χ0n) is 14.9. The molecule has 0 aliphatic carbocycles. The first-order valence-corrected chi connectivity index (χ1v) is 8.30. The number of nitrogens with zero attached hydrogens (tertiary/aromatic N) is 2. The van der Waals surface area contributed by atoms with Crippen LogP contribution in [-0.2, 0) is 0 Å². The fraction of sp³-hybridized carbons (Fsp3) is 0.300. The van der Waals surface area contributed by atoms with Gasteiger partial charge in [0.2, 0.25) is 0 Å². The van der Waals surface area contributed by atoms with Crippen LogP contribution in [0.1, 0.15) is 37.5 Å². The molecule has 0 spiro atoms. The van der Waals surface area contributed by atoms with Gasteiger partial charge in [-0.3, -0.25) is 9.36 Å². The van der Waals surface area contributed by atoms with Crippen molar-refractivity contribution in [3.8, 4) is 11.8 Å². The zero-order chi connectivity index (χ0) is 18.2. The second-order valence-corrected chi connectivity index (χ2v) is 6.50. The van der Waals surface area contributed by atoms with Crippen LogP contribution in [-0.4, -0.2) is 16.7 Å². The van der Waals surface area contributed by atoms with E-state index in [0.29, 0.717) is 17.9 Å². The summed E-state index contributed by atoms with van der Waals surface area (Å²) in [6, 6.07) is 10.8. The Morgan fingerprint density at radius 1 is 1.28 bits per heavy atom. The van der Waals surface area contributed by atoms with Gasteiger partial charge in [0, 0.05) is 24.4 Å². The summed E-state index contributed by atoms with van der Waals surface area (Å²) >= 11 is 0. The number of likely N-dealkylation sites (N-methyl/N-ethyl adjacent to an activating group) is 1. The van der Waals surface area contributed by atoms with Gasteiger partial charge in [-0.2, -0.15) is 5.26 Å². The van der Waals surface area contributed by atoms with Gasteiger partial charge < -0.3 is 10.1 Å². The van der Waals surface area contributed by atoms with E-state index in [1.54, 1.807) is 29.0 Å².